The highest BCUT2D eigenvalue weighted by Crippen LogP contribution is 2.47. The predicted molar refractivity (Wildman–Crippen MR) is 177 cm³/mol. The van der Waals surface area contributed by atoms with Crippen molar-refractivity contribution >= 4 is 97.6 Å². The fraction of sp³-hybridized carbons (Fsp3) is 0. The molecule has 1 nitrogen and oxygen atoms in total. The maximum absolute atomic E-state index is 5.55. The molecule has 1 radical (unpaired) electrons. The highest BCUT2D eigenvalue weighted by atomic mass is 14.9. The van der Waals surface area contributed by atoms with Gasteiger partial charge in [-0.1, -0.05) is 121 Å². The van der Waals surface area contributed by atoms with Crippen LogP contribution in [0, 0.1) is 0 Å². The molecule has 0 N–H and O–H groups in total. The van der Waals surface area contributed by atoms with Crippen molar-refractivity contribution in [2.45, 2.75) is 0 Å². The van der Waals surface area contributed by atoms with Gasteiger partial charge in [-0.2, -0.15) is 0 Å². The van der Waals surface area contributed by atoms with E-state index in [1.54, 1.807) is 0 Å². The zero-order chi connectivity index (χ0) is 26.7. The molecule has 0 unspecified atom stereocenters. The molecule has 10 aromatic rings. The molecule has 0 saturated heterocycles. The first-order valence-electron chi connectivity index (χ1n) is 14.2. The topological polar surface area (TPSA) is 14.1 Å². The van der Waals surface area contributed by atoms with E-state index in [2.05, 4.69) is 133 Å². The Kier molecular flexibility index (Phi) is 3.98. The van der Waals surface area contributed by atoms with Crippen LogP contribution in [0.5, 0.6) is 0 Å². The Morgan fingerprint density at radius 3 is 0.951 bits per heavy atom. The summed E-state index contributed by atoms with van der Waals surface area (Å²) in [5.74, 6) is 0. The fourth-order valence-electron chi connectivity index (χ4n) is 7.59. The molecule has 0 saturated carbocycles. The van der Waals surface area contributed by atoms with Crippen molar-refractivity contribution in [3.63, 3.8) is 0 Å². The van der Waals surface area contributed by atoms with Gasteiger partial charge in [0.25, 0.3) is 0 Å². The van der Waals surface area contributed by atoms with Crippen LogP contribution >= 0.6 is 0 Å². The van der Waals surface area contributed by atoms with Gasteiger partial charge < -0.3 is 0 Å². The lowest BCUT2D eigenvalue weighted by Crippen LogP contribution is -1.96. The Bertz CT molecular complexity index is 2470. The monoisotopic (exact) mass is 516 g/mol. The van der Waals surface area contributed by atoms with Gasteiger partial charge in [-0.3, -0.25) is 0 Å². The van der Waals surface area contributed by atoms with E-state index < -0.39 is 0 Å². The van der Waals surface area contributed by atoms with Crippen molar-refractivity contribution in [2.75, 3.05) is 0 Å². The molecule has 0 aliphatic heterocycles. The first kappa shape index (κ1) is 21.4. The number of fused-ring (bicyclic) bond motifs is 4. The largest absolute Gasteiger partial charge is 0.248 e. The Balaban J connectivity index is 1.36. The molecule has 0 spiro atoms. The van der Waals surface area contributed by atoms with Crippen molar-refractivity contribution in [3.8, 4) is 0 Å². The molecule has 0 fully saturated rings. The summed E-state index contributed by atoms with van der Waals surface area (Å²) < 4.78 is 0. The molecule has 10 rings (SSSR count). The lowest BCUT2D eigenvalue weighted by Gasteiger charge is -2.19. The molecule has 41 heavy (non-hydrogen) atoms. The van der Waals surface area contributed by atoms with Gasteiger partial charge in [-0.15, -0.1) is 0 Å². The first-order chi connectivity index (χ1) is 20.3. The second-order valence-corrected chi connectivity index (χ2v) is 11.3. The zero-order valence-electron chi connectivity index (χ0n) is 22.1. The van der Waals surface area contributed by atoms with E-state index in [9.17, 15) is 0 Å². The summed E-state index contributed by atoms with van der Waals surface area (Å²) in [6, 6.07) is 48.9. The molecular weight excluding hydrogens is 494 g/mol. The minimum atomic E-state index is 1.02. The molecule has 0 aromatic heterocycles. The minimum Gasteiger partial charge on any atom is -0.248 e. The van der Waals surface area contributed by atoms with Crippen molar-refractivity contribution in [2.24, 2.45) is 0 Å². The summed E-state index contributed by atoms with van der Waals surface area (Å²) in [6.45, 7) is 0. The van der Waals surface area contributed by atoms with Gasteiger partial charge in [-0.25, -0.2) is 5.32 Å². The Hall–Kier alpha value is -5.40. The molecule has 187 valence electrons. The minimum absolute atomic E-state index is 1.02. The summed E-state index contributed by atoms with van der Waals surface area (Å²) >= 11 is 0. The third-order valence-corrected chi connectivity index (χ3v) is 9.22. The normalized spacial score (nSPS) is 12.4. The Morgan fingerprint density at radius 2 is 0.561 bits per heavy atom. The van der Waals surface area contributed by atoms with Crippen LogP contribution in [-0.2, 0) is 0 Å². The van der Waals surface area contributed by atoms with Crippen molar-refractivity contribution in [1.82, 2.24) is 5.32 Å². The van der Waals surface area contributed by atoms with E-state index in [-0.39, 0.29) is 0 Å². The fourth-order valence-corrected chi connectivity index (χ4v) is 7.59. The summed E-state index contributed by atoms with van der Waals surface area (Å²) in [4.78, 5) is 0. The standard InChI is InChI=1S/C40H22N/c1-7-23-9-5-17-31-35(23)27(13-1)29-15-3-11-25-19-21-33(39(31)37(25)29)41-34-22-20-26-12-4-16-30-28-14-2-8-24-10-6-18-32(36(24)28)40(34)38(26)30/h1-22H. The lowest BCUT2D eigenvalue weighted by molar-refractivity contribution is 1.22. The molecule has 1 heteroatoms. The zero-order valence-corrected chi connectivity index (χ0v) is 22.1. The van der Waals surface area contributed by atoms with Gasteiger partial charge in [0.2, 0.25) is 0 Å². The van der Waals surface area contributed by atoms with Crippen LogP contribution in [0.25, 0.3) is 86.2 Å². The van der Waals surface area contributed by atoms with Crippen LogP contribution in [0.1, 0.15) is 0 Å². The van der Waals surface area contributed by atoms with Gasteiger partial charge in [0.1, 0.15) is 0 Å². The third-order valence-electron chi connectivity index (χ3n) is 9.22. The van der Waals surface area contributed by atoms with Gasteiger partial charge in [0.15, 0.2) is 0 Å². The molecule has 0 bridgehead atoms. The van der Waals surface area contributed by atoms with Gasteiger partial charge in [0.05, 0.1) is 11.4 Å². The first-order valence-corrected chi connectivity index (χ1v) is 14.2. The van der Waals surface area contributed by atoms with Crippen LogP contribution in [0.15, 0.2) is 133 Å². The van der Waals surface area contributed by atoms with Gasteiger partial charge in [0, 0.05) is 10.8 Å². The van der Waals surface area contributed by atoms with E-state index in [4.69, 9.17) is 5.32 Å². The smallest absolute Gasteiger partial charge is 0.0722 e. The van der Waals surface area contributed by atoms with E-state index in [1.807, 2.05) is 0 Å². The average molecular weight is 517 g/mol. The second kappa shape index (κ2) is 7.62. The van der Waals surface area contributed by atoms with Crippen LogP contribution in [0.4, 0.5) is 11.4 Å². The predicted octanol–water partition coefficient (Wildman–Crippen LogP) is 11.4. The summed E-state index contributed by atoms with van der Waals surface area (Å²) in [5, 5.41) is 26.0. The number of nitrogens with zero attached hydrogens (tertiary/aromatic N) is 1. The number of hydrogen-bond donors (Lipinski definition) is 0. The van der Waals surface area contributed by atoms with Crippen LogP contribution in [-0.4, -0.2) is 0 Å². The Labute approximate surface area is 235 Å². The molecular formula is C40H22N. The van der Waals surface area contributed by atoms with Crippen molar-refractivity contribution in [1.29, 1.82) is 0 Å². The highest BCUT2D eigenvalue weighted by molar-refractivity contribution is 6.37. The number of benzene rings is 10. The molecule has 0 aliphatic carbocycles. The van der Waals surface area contributed by atoms with E-state index >= 15 is 0 Å². The Morgan fingerprint density at radius 1 is 0.244 bits per heavy atom. The van der Waals surface area contributed by atoms with Crippen molar-refractivity contribution < 1.29 is 0 Å². The van der Waals surface area contributed by atoms with E-state index in [1.165, 1.54) is 86.2 Å². The van der Waals surface area contributed by atoms with Crippen LogP contribution < -0.4 is 5.32 Å². The maximum Gasteiger partial charge on any atom is 0.0722 e. The number of rotatable bonds is 2. The molecule has 0 amide bonds. The van der Waals surface area contributed by atoms with Crippen molar-refractivity contribution in [3.05, 3.63) is 133 Å². The van der Waals surface area contributed by atoms with Gasteiger partial charge in [-0.05, 0) is 87.5 Å². The van der Waals surface area contributed by atoms with E-state index in [0.717, 1.165) is 11.4 Å². The SMILES string of the molecule is c1cc2cccc3c4c([N]c5ccc6cccc7c8cccc9cccc(c5c67)c98)ccc5cccc(c(c1)c23)c54. The second-order valence-electron chi connectivity index (χ2n) is 11.3. The number of hydrogen-bond acceptors (Lipinski definition) is 0. The maximum atomic E-state index is 5.55. The van der Waals surface area contributed by atoms with Gasteiger partial charge >= 0.3 is 0 Å². The summed E-state index contributed by atoms with van der Waals surface area (Å²) in [5.41, 5.74) is 2.04. The molecule has 10 aromatic carbocycles. The summed E-state index contributed by atoms with van der Waals surface area (Å²) in [6.07, 6.45) is 0. The molecule has 0 heterocycles. The van der Waals surface area contributed by atoms with Crippen LogP contribution in [0.3, 0.4) is 0 Å². The quantitative estimate of drug-likeness (QED) is 0.160. The molecule has 0 aliphatic rings. The highest BCUT2D eigenvalue weighted by Gasteiger charge is 2.19. The van der Waals surface area contributed by atoms with E-state index in [0.29, 0.717) is 0 Å². The van der Waals surface area contributed by atoms with Crippen LogP contribution in [0.2, 0.25) is 0 Å². The third kappa shape index (κ3) is 2.70. The average Bonchev–Trinajstić information content (AvgIpc) is 3.03. The lowest BCUT2D eigenvalue weighted by atomic mass is 9.88. The molecule has 0 atom stereocenters. The summed E-state index contributed by atoms with van der Waals surface area (Å²) in [7, 11) is 0.